The Morgan fingerprint density at radius 1 is 1.24 bits per heavy atom. The van der Waals surface area contributed by atoms with E-state index in [1.54, 1.807) is 12.3 Å². The van der Waals surface area contributed by atoms with Gasteiger partial charge in [0.05, 0.1) is 6.04 Å². The van der Waals surface area contributed by atoms with Crippen molar-refractivity contribution in [3.8, 4) is 0 Å². The minimum Gasteiger partial charge on any atom is -0.399 e. The average molecular weight is 231 g/mol. The molecule has 0 spiro atoms. The van der Waals surface area contributed by atoms with Crippen molar-refractivity contribution in [1.29, 1.82) is 0 Å². The van der Waals surface area contributed by atoms with Crippen molar-refractivity contribution < 1.29 is 4.39 Å². The lowest BCUT2D eigenvalue weighted by Gasteiger charge is -2.15. The van der Waals surface area contributed by atoms with E-state index in [1.165, 1.54) is 6.07 Å². The molecule has 1 aromatic heterocycles. The molecule has 0 saturated carbocycles. The summed E-state index contributed by atoms with van der Waals surface area (Å²) in [7, 11) is 0. The topological polar surface area (TPSA) is 50.9 Å². The van der Waals surface area contributed by atoms with Gasteiger partial charge in [0.2, 0.25) is 0 Å². The Morgan fingerprint density at radius 2 is 1.94 bits per heavy atom. The Bertz CT molecular complexity index is 496. The molecule has 2 aromatic rings. The van der Waals surface area contributed by atoms with E-state index in [-0.39, 0.29) is 17.7 Å². The molecule has 1 unspecified atom stereocenters. The van der Waals surface area contributed by atoms with Crippen LogP contribution >= 0.6 is 0 Å². The fourth-order valence-corrected chi connectivity index (χ4v) is 1.56. The quantitative estimate of drug-likeness (QED) is 0.798. The molecule has 3 nitrogen and oxygen atoms in total. The molecule has 0 saturated heterocycles. The van der Waals surface area contributed by atoms with Crippen LogP contribution in [-0.2, 0) is 0 Å². The molecule has 2 rings (SSSR count). The largest absolute Gasteiger partial charge is 0.399 e. The molecule has 1 aromatic carbocycles. The van der Waals surface area contributed by atoms with Crippen molar-refractivity contribution in [2.75, 3.05) is 11.1 Å². The maximum absolute atomic E-state index is 13.4. The minimum absolute atomic E-state index is 0.0278. The summed E-state index contributed by atoms with van der Waals surface area (Å²) in [5.41, 5.74) is 7.36. The highest BCUT2D eigenvalue weighted by Gasteiger charge is 2.08. The van der Waals surface area contributed by atoms with Crippen LogP contribution in [-0.4, -0.2) is 4.98 Å². The summed E-state index contributed by atoms with van der Waals surface area (Å²) < 4.78 is 13.4. The highest BCUT2D eigenvalue weighted by atomic mass is 19.1. The number of hydrogen-bond donors (Lipinski definition) is 2. The highest BCUT2D eigenvalue weighted by Crippen LogP contribution is 2.20. The lowest BCUT2D eigenvalue weighted by Crippen LogP contribution is -2.09. The molecule has 1 atom stereocenters. The first kappa shape index (κ1) is 11.4. The number of nitrogens with zero attached hydrogens (tertiary/aromatic N) is 1. The first-order valence-corrected chi connectivity index (χ1v) is 5.39. The second-order valence-corrected chi connectivity index (χ2v) is 3.87. The summed E-state index contributed by atoms with van der Waals surface area (Å²) in [6.07, 6.45) is 1.56. The molecule has 4 heteroatoms. The molecule has 0 aliphatic carbocycles. The van der Waals surface area contributed by atoms with Gasteiger partial charge in [-0.15, -0.1) is 0 Å². The number of nitrogens with two attached hydrogens (primary N) is 1. The molecule has 3 N–H and O–H groups in total. The second-order valence-electron chi connectivity index (χ2n) is 3.87. The van der Waals surface area contributed by atoms with E-state index in [2.05, 4.69) is 10.3 Å². The van der Waals surface area contributed by atoms with Gasteiger partial charge < -0.3 is 11.1 Å². The van der Waals surface area contributed by atoms with Crippen LogP contribution in [0, 0.1) is 5.82 Å². The molecule has 0 radical (unpaired) electrons. The summed E-state index contributed by atoms with van der Waals surface area (Å²) in [6, 6.07) is 10.4. The standard InChI is InChI=1S/C13H14FN3/c1-9(10-4-6-11(15)7-5-10)17-13-12(14)3-2-8-16-13/h2-9H,15H2,1H3,(H,16,17). The average Bonchev–Trinajstić information content (AvgIpc) is 2.33. The summed E-state index contributed by atoms with van der Waals surface area (Å²) in [5, 5.41) is 3.02. The number of hydrogen-bond acceptors (Lipinski definition) is 3. The van der Waals surface area contributed by atoms with Gasteiger partial charge in [0.25, 0.3) is 0 Å². The molecular weight excluding hydrogens is 217 g/mol. The Morgan fingerprint density at radius 3 is 2.59 bits per heavy atom. The van der Waals surface area contributed by atoms with E-state index in [0.717, 1.165) is 5.56 Å². The zero-order valence-electron chi connectivity index (χ0n) is 9.52. The summed E-state index contributed by atoms with van der Waals surface area (Å²) in [4.78, 5) is 3.95. The lowest BCUT2D eigenvalue weighted by molar-refractivity contribution is 0.621. The van der Waals surface area contributed by atoms with Gasteiger partial charge in [0.1, 0.15) is 0 Å². The summed E-state index contributed by atoms with van der Waals surface area (Å²) in [6.45, 7) is 1.94. The molecule has 0 aliphatic rings. The van der Waals surface area contributed by atoms with Gasteiger partial charge in [0.15, 0.2) is 11.6 Å². The van der Waals surface area contributed by atoms with Gasteiger partial charge in [-0.1, -0.05) is 12.1 Å². The van der Waals surface area contributed by atoms with Gasteiger partial charge in [-0.25, -0.2) is 9.37 Å². The van der Waals surface area contributed by atoms with E-state index < -0.39 is 0 Å². The van der Waals surface area contributed by atoms with Crippen molar-refractivity contribution in [2.24, 2.45) is 0 Å². The zero-order valence-corrected chi connectivity index (χ0v) is 9.52. The van der Waals surface area contributed by atoms with Crippen LogP contribution < -0.4 is 11.1 Å². The number of pyridine rings is 1. The number of aromatic nitrogens is 1. The Kier molecular flexibility index (Phi) is 3.23. The summed E-state index contributed by atoms with van der Waals surface area (Å²) >= 11 is 0. The third kappa shape index (κ3) is 2.72. The SMILES string of the molecule is CC(Nc1ncccc1F)c1ccc(N)cc1. The number of benzene rings is 1. The van der Waals surface area contributed by atoms with E-state index in [9.17, 15) is 4.39 Å². The summed E-state index contributed by atoms with van der Waals surface area (Å²) in [5.74, 6) is -0.0911. The van der Waals surface area contributed by atoms with Crippen molar-refractivity contribution >= 4 is 11.5 Å². The molecule has 1 heterocycles. The van der Waals surface area contributed by atoms with Crippen molar-refractivity contribution in [3.63, 3.8) is 0 Å². The van der Waals surface area contributed by atoms with E-state index in [4.69, 9.17) is 5.73 Å². The maximum Gasteiger partial charge on any atom is 0.165 e. The molecule has 0 amide bonds. The number of anilines is 2. The van der Waals surface area contributed by atoms with Crippen LogP contribution in [0.4, 0.5) is 15.9 Å². The number of halogens is 1. The maximum atomic E-state index is 13.4. The Balaban J connectivity index is 2.14. The van der Waals surface area contributed by atoms with Crippen LogP contribution in [0.1, 0.15) is 18.5 Å². The first-order valence-electron chi connectivity index (χ1n) is 5.39. The third-order valence-electron chi connectivity index (χ3n) is 2.55. The normalized spacial score (nSPS) is 12.1. The van der Waals surface area contributed by atoms with Gasteiger partial charge in [-0.3, -0.25) is 0 Å². The smallest absolute Gasteiger partial charge is 0.165 e. The molecule has 0 aliphatic heterocycles. The molecule has 0 bridgehead atoms. The van der Waals surface area contributed by atoms with Crippen LogP contribution in [0.25, 0.3) is 0 Å². The van der Waals surface area contributed by atoms with Gasteiger partial charge in [0, 0.05) is 11.9 Å². The highest BCUT2D eigenvalue weighted by molar-refractivity contribution is 5.43. The predicted octanol–water partition coefficient (Wildman–Crippen LogP) is 2.98. The lowest BCUT2D eigenvalue weighted by atomic mass is 10.1. The predicted molar refractivity (Wildman–Crippen MR) is 67.1 cm³/mol. The second kappa shape index (κ2) is 4.82. The monoisotopic (exact) mass is 231 g/mol. The van der Waals surface area contributed by atoms with Crippen LogP contribution in [0.2, 0.25) is 0 Å². The minimum atomic E-state index is -0.352. The molecular formula is C13H14FN3. The first-order chi connectivity index (χ1) is 8.16. The number of nitrogens with one attached hydrogen (secondary N) is 1. The van der Waals surface area contributed by atoms with E-state index in [1.807, 2.05) is 31.2 Å². The molecule has 17 heavy (non-hydrogen) atoms. The van der Waals surface area contributed by atoms with E-state index in [0.29, 0.717) is 5.69 Å². The zero-order chi connectivity index (χ0) is 12.3. The third-order valence-corrected chi connectivity index (χ3v) is 2.55. The van der Waals surface area contributed by atoms with Crippen LogP contribution in [0.3, 0.4) is 0 Å². The van der Waals surface area contributed by atoms with Crippen molar-refractivity contribution in [1.82, 2.24) is 4.98 Å². The Labute approximate surface area is 99.5 Å². The van der Waals surface area contributed by atoms with Gasteiger partial charge in [-0.05, 0) is 36.8 Å². The van der Waals surface area contributed by atoms with Gasteiger partial charge in [-0.2, -0.15) is 0 Å². The van der Waals surface area contributed by atoms with E-state index >= 15 is 0 Å². The van der Waals surface area contributed by atoms with Crippen molar-refractivity contribution in [3.05, 3.63) is 54.0 Å². The van der Waals surface area contributed by atoms with Crippen molar-refractivity contribution in [2.45, 2.75) is 13.0 Å². The molecule has 0 fully saturated rings. The fraction of sp³-hybridized carbons (Fsp3) is 0.154. The number of nitrogen functional groups attached to an aromatic ring is 1. The van der Waals surface area contributed by atoms with Gasteiger partial charge >= 0.3 is 0 Å². The number of rotatable bonds is 3. The van der Waals surface area contributed by atoms with Crippen LogP contribution in [0.15, 0.2) is 42.6 Å². The van der Waals surface area contributed by atoms with Crippen LogP contribution in [0.5, 0.6) is 0 Å². The fourth-order valence-electron chi connectivity index (χ4n) is 1.56. The molecule has 88 valence electrons. The Hall–Kier alpha value is -2.10.